The number of fused-ring (bicyclic) bond motifs is 1. The van der Waals surface area contributed by atoms with Crippen LogP contribution in [0, 0.1) is 6.92 Å². The highest BCUT2D eigenvalue weighted by molar-refractivity contribution is 5.76. The fourth-order valence-corrected chi connectivity index (χ4v) is 4.40. The molecule has 0 atom stereocenters. The van der Waals surface area contributed by atoms with Gasteiger partial charge in [0.1, 0.15) is 11.4 Å². The van der Waals surface area contributed by atoms with E-state index >= 15 is 0 Å². The predicted molar refractivity (Wildman–Crippen MR) is 136 cm³/mol. The number of ether oxygens (including phenoxy) is 1. The highest BCUT2D eigenvalue weighted by Gasteiger charge is 2.18. The van der Waals surface area contributed by atoms with Gasteiger partial charge >= 0.3 is 0 Å². The third-order valence-electron chi connectivity index (χ3n) is 6.43. The minimum absolute atomic E-state index is 0.0309. The van der Waals surface area contributed by atoms with Crippen LogP contribution in [0.15, 0.2) is 35.1 Å². The Morgan fingerprint density at radius 3 is 2.59 bits per heavy atom. The molecule has 2 aromatic heterocycles. The summed E-state index contributed by atoms with van der Waals surface area (Å²) >= 11 is 0. The maximum Gasteiger partial charge on any atom is 0.277 e. The van der Waals surface area contributed by atoms with E-state index in [2.05, 4.69) is 33.7 Å². The number of carbonyl (C=O) groups excluding carboxylic acids is 1. The van der Waals surface area contributed by atoms with Crippen LogP contribution in [0.1, 0.15) is 44.9 Å². The molecule has 0 bridgehead atoms. The zero-order valence-electron chi connectivity index (χ0n) is 21.1. The van der Waals surface area contributed by atoms with Gasteiger partial charge in [-0.1, -0.05) is 26.0 Å². The van der Waals surface area contributed by atoms with Gasteiger partial charge < -0.3 is 19.5 Å². The number of hydrogen-bond donors (Lipinski definition) is 1. The molecule has 3 aromatic rings. The topological polar surface area (TPSA) is 80.9 Å². The van der Waals surface area contributed by atoms with Crippen LogP contribution in [0.3, 0.4) is 0 Å². The second-order valence-electron chi connectivity index (χ2n) is 8.34. The summed E-state index contributed by atoms with van der Waals surface area (Å²) in [5, 5.41) is 7.61. The fourth-order valence-electron chi connectivity index (χ4n) is 4.40. The van der Waals surface area contributed by atoms with E-state index in [-0.39, 0.29) is 17.9 Å². The zero-order chi connectivity index (χ0) is 24.7. The van der Waals surface area contributed by atoms with Crippen molar-refractivity contribution in [2.24, 2.45) is 0 Å². The number of benzene rings is 1. The monoisotopic (exact) mass is 467 g/mol. The van der Waals surface area contributed by atoms with Gasteiger partial charge in [-0.3, -0.25) is 9.59 Å². The summed E-state index contributed by atoms with van der Waals surface area (Å²) in [6, 6.07) is 9.55. The molecule has 0 aliphatic carbocycles. The third-order valence-corrected chi connectivity index (χ3v) is 6.43. The minimum Gasteiger partial charge on any atom is -0.496 e. The van der Waals surface area contributed by atoms with Crippen LogP contribution in [-0.4, -0.2) is 58.3 Å². The number of carbonyl (C=O) groups is 1. The normalized spacial score (nSPS) is 11.4. The summed E-state index contributed by atoms with van der Waals surface area (Å²) in [5.74, 6) is 0.674. The number of aromatic nitrogens is 3. The maximum atomic E-state index is 13.3. The maximum absolute atomic E-state index is 13.3. The first-order valence-corrected chi connectivity index (χ1v) is 12.2. The van der Waals surface area contributed by atoms with E-state index < -0.39 is 0 Å². The van der Waals surface area contributed by atoms with Crippen LogP contribution in [0.5, 0.6) is 5.75 Å². The third kappa shape index (κ3) is 5.50. The smallest absolute Gasteiger partial charge is 0.277 e. The van der Waals surface area contributed by atoms with Crippen LogP contribution < -0.4 is 15.6 Å². The second kappa shape index (κ2) is 11.8. The Kier molecular flexibility index (Phi) is 8.87. The Balaban J connectivity index is 1.79. The van der Waals surface area contributed by atoms with Crippen molar-refractivity contribution in [3.8, 4) is 17.0 Å². The lowest BCUT2D eigenvalue weighted by Crippen LogP contribution is -2.31. The van der Waals surface area contributed by atoms with Crippen LogP contribution in [0.25, 0.3) is 16.9 Å². The van der Waals surface area contributed by atoms with E-state index in [4.69, 9.17) is 4.74 Å². The SMILES string of the molecule is CCN(CC)CCCNC(=O)CCc1c(C)n(CC)c2cc(-c3ccccc3OC)nn2c1=O. The molecule has 0 spiro atoms. The van der Waals surface area contributed by atoms with E-state index in [1.165, 1.54) is 4.52 Å². The van der Waals surface area contributed by atoms with Crippen molar-refractivity contribution in [1.29, 1.82) is 0 Å². The summed E-state index contributed by atoms with van der Waals surface area (Å²) in [6.07, 6.45) is 1.57. The molecule has 1 N–H and O–H groups in total. The van der Waals surface area contributed by atoms with E-state index in [1.807, 2.05) is 44.2 Å². The molecule has 3 rings (SSSR count). The second-order valence-corrected chi connectivity index (χ2v) is 8.34. The molecular formula is C26H37N5O3. The number of para-hydroxylation sites is 1. The molecule has 184 valence electrons. The van der Waals surface area contributed by atoms with Crippen LogP contribution in [0.2, 0.25) is 0 Å². The number of amides is 1. The Morgan fingerprint density at radius 2 is 1.91 bits per heavy atom. The predicted octanol–water partition coefficient (Wildman–Crippen LogP) is 3.28. The number of aryl methyl sites for hydroxylation is 1. The quantitative estimate of drug-likeness (QED) is 0.414. The molecular weight excluding hydrogens is 430 g/mol. The molecule has 0 aliphatic heterocycles. The van der Waals surface area contributed by atoms with E-state index in [1.54, 1.807) is 7.11 Å². The summed E-state index contributed by atoms with van der Waals surface area (Å²) in [4.78, 5) is 28.1. The van der Waals surface area contributed by atoms with Gasteiger partial charge in [-0.05, 0) is 58.5 Å². The summed E-state index contributed by atoms with van der Waals surface area (Å²) < 4.78 is 9.01. The molecule has 1 aromatic carbocycles. The summed E-state index contributed by atoms with van der Waals surface area (Å²) in [7, 11) is 1.62. The lowest BCUT2D eigenvalue weighted by Gasteiger charge is -2.17. The van der Waals surface area contributed by atoms with Crippen molar-refractivity contribution in [3.63, 3.8) is 0 Å². The number of nitrogens with one attached hydrogen (secondary N) is 1. The van der Waals surface area contributed by atoms with Crippen LogP contribution in [-0.2, 0) is 17.8 Å². The molecule has 1 amide bonds. The van der Waals surface area contributed by atoms with E-state index in [0.717, 1.165) is 43.0 Å². The van der Waals surface area contributed by atoms with E-state index in [0.29, 0.717) is 36.5 Å². The van der Waals surface area contributed by atoms with Crippen molar-refractivity contribution in [2.45, 2.75) is 53.5 Å². The lowest BCUT2D eigenvalue weighted by molar-refractivity contribution is -0.121. The standard InChI is InChI=1S/C26H37N5O3/c1-6-29(7-2)17-11-16-27-24(32)15-14-20-19(4)30(8-3)25-18-22(28-31(25)26(20)33)21-12-9-10-13-23(21)34-5/h9-10,12-13,18H,6-8,11,14-17H2,1-5H3,(H,27,32). The molecule has 2 heterocycles. The molecule has 8 heteroatoms. The van der Waals surface area contributed by atoms with Crippen molar-refractivity contribution in [1.82, 2.24) is 24.4 Å². The average molecular weight is 468 g/mol. The Morgan fingerprint density at radius 1 is 1.18 bits per heavy atom. The van der Waals surface area contributed by atoms with Gasteiger partial charge in [0.05, 0.1) is 12.8 Å². The van der Waals surface area contributed by atoms with Gasteiger partial charge in [-0.2, -0.15) is 9.61 Å². The van der Waals surface area contributed by atoms with Crippen molar-refractivity contribution >= 4 is 11.6 Å². The minimum atomic E-state index is -0.173. The Bertz CT molecular complexity index is 1180. The number of nitrogens with zero attached hydrogens (tertiary/aromatic N) is 4. The Hall–Kier alpha value is -3.13. The first-order valence-electron chi connectivity index (χ1n) is 12.2. The average Bonchev–Trinajstić information content (AvgIpc) is 3.29. The fraction of sp³-hybridized carbons (Fsp3) is 0.500. The van der Waals surface area contributed by atoms with Gasteiger partial charge in [0, 0.05) is 42.4 Å². The van der Waals surface area contributed by atoms with Crippen LogP contribution >= 0.6 is 0 Å². The number of hydrogen-bond acceptors (Lipinski definition) is 5. The zero-order valence-corrected chi connectivity index (χ0v) is 21.1. The van der Waals surface area contributed by atoms with Crippen LogP contribution in [0.4, 0.5) is 0 Å². The summed E-state index contributed by atoms with van der Waals surface area (Å²) in [5.41, 5.74) is 3.57. The highest BCUT2D eigenvalue weighted by Crippen LogP contribution is 2.29. The number of methoxy groups -OCH3 is 1. The number of rotatable bonds is 12. The largest absolute Gasteiger partial charge is 0.496 e. The lowest BCUT2D eigenvalue weighted by atomic mass is 10.1. The molecule has 34 heavy (non-hydrogen) atoms. The molecule has 0 saturated carbocycles. The van der Waals surface area contributed by atoms with Crippen molar-refractivity contribution in [2.75, 3.05) is 33.3 Å². The Labute approximate surface area is 201 Å². The van der Waals surface area contributed by atoms with E-state index in [9.17, 15) is 9.59 Å². The molecule has 0 radical (unpaired) electrons. The molecule has 0 fully saturated rings. The van der Waals surface area contributed by atoms with Gasteiger partial charge in [-0.15, -0.1) is 0 Å². The van der Waals surface area contributed by atoms with Gasteiger partial charge in [0.15, 0.2) is 0 Å². The first kappa shape index (κ1) is 25.5. The molecule has 0 saturated heterocycles. The van der Waals surface area contributed by atoms with Crippen molar-refractivity contribution in [3.05, 3.63) is 51.9 Å². The van der Waals surface area contributed by atoms with Gasteiger partial charge in [0.2, 0.25) is 5.91 Å². The molecule has 0 aliphatic rings. The molecule has 0 unspecified atom stereocenters. The van der Waals surface area contributed by atoms with Gasteiger partial charge in [0.25, 0.3) is 5.56 Å². The van der Waals surface area contributed by atoms with Crippen molar-refractivity contribution < 1.29 is 9.53 Å². The first-order chi connectivity index (χ1) is 16.4. The summed E-state index contributed by atoms with van der Waals surface area (Å²) in [6.45, 7) is 12.6. The van der Waals surface area contributed by atoms with Gasteiger partial charge in [-0.25, -0.2) is 0 Å². The highest BCUT2D eigenvalue weighted by atomic mass is 16.5. The molecule has 8 nitrogen and oxygen atoms in total.